The van der Waals surface area contributed by atoms with Crippen LogP contribution in [0.15, 0.2) is 30.3 Å². The smallest absolute Gasteiger partial charge is 0.408 e. The topological polar surface area (TPSA) is 64.6 Å². The number of hydrogen-bond acceptors (Lipinski definition) is 5. The zero-order chi connectivity index (χ0) is 14.1. The molecule has 0 saturated heterocycles. The van der Waals surface area contributed by atoms with E-state index in [4.69, 9.17) is 4.74 Å². The van der Waals surface area contributed by atoms with Crippen LogP contribution in [0.5, 0.6) is 0 Å². The Morgan fingerprint density at radius 1 is 1.32 bits per heavy atom. The number of nitrogens with one attached hydrogen (secondary N) is 1. The number of amides is 1. The van der Waals surface area contributed by atoms with Crippen LogP contribution in [0.1, 0.15) is 5.56 Å². The van der Waals surface area contributed by atoms with Gasteiger partial charge in [-0.25, -0.2) is 9.59 Å². The number of methoxy groups -OCH3 is 1. The molecule has 1 aromatic rings. The van der Waals surface area contributed by atoms with Crippen LogP contribution in [-0.4, -0.2) is 37.2 Å². The van der Waals surface area contributed by atoms with Crippen molar-refractivity contribution in [3.05, 3.63) is 35.9 Å². The standard InChI is InChI=1S/C13H17NO4S/c1-17-12(15)11(9-19-2)14-13(16)18-8-10-6-4-3-5-7-10/h3-7,11H,8-9H2,1-2H3,(H,14,16)/t11-/m0/s1. The van der Waals surface area contributed by atoms with E-state index < -0.39 is 18.1 Å². The zero-order valence-corrected chi connectivity index (χ0v) is 11.7. The van der Waals surface area contributed by atoms with Crippen LogP contribution in [0.3, 0.4) is 0 Å². The summed E-state index contributed by atoms with van der Waals surface area (Å²) in [6.45, 7) is 0.167. The lowest BCUT2D eigenvalue weighted by Crippen LogP contribution is -2.43. The van der Waals surface area contributed by atoms with Gasteiger partial charge in [0.15, 0.2) is 0 Å². The molecular weight excluding hydrogens is 266 g/mol. The predicted octanol–water partition coefficient (Wildman–Crippen LogP) is 1.82. The summed E-state index contributed by atoms with van der Waals surface area (Å²) in [4.78, 5) is 23.0. The predicted molar refractivity (Wildman–Crippen MR) is 73.9 cm³/mol. The summed E-state index contributed by atoms with van der Waals surface area (Å²) in [7, 11) is 1.28. The van der Waals surface area contributed by atoms with E-state index in [1.807, 2.05) is 36.6 Å². The van der Waals surface area contributed by atoms with Gasteiger partial charge >= 0.3 is 12.1 Å². The lowest BCUT2D eigenvalue weighted by Gasteiger charge is -2.15. The molecule has 0 aliphatic heterocycles. The van der Waals surface area contributed by atoms with E-state index in [1.54, 1.807) is 0 Å². The number of hydrogen-bond donors (Lipinski definition) is 1. The van der Waals surface area contributed by atoms with E-state index in [1.165, 1.54) is 18.9 Å². The van der Waals surface area contributed by atoms with Gasteiger partial charge in [-0.3, -0.25) is 0 Å². The summed E-state index contributed by atoms with van der Waals surface area (Å²) in [5.41, 5.74) is 0.886. The molecule has 0 radical (unpaired) electrons. The fourth-order valence-electron chi connectivity index (χ4n) is 1.38. The molecule has 1 atom stereocenters. The molecule has 0 spiro atoms. The van der Waals surface area contributed by atoms with Crippen molar-refractivity contribution in [1.82, 2.24) is 5.32 Å². The molecule has 0 saturated carbocycles. The normalized spacial score (nSPS) is 11.5. The third-order valence-electron chi connectivity index (χ3n) is 2.32. The van der Waals surface area contributed by atoms with Crippen molar-refractivity contribution in [2.24, 2.45) is 0 Å². The average molecular weight is 283 g/mol. The highest BCUT2D eigenvalue weighted by Crippen LogP contribution is 2.03. The molecule has 0 heterocycles. The fraction of sp³-hybridized carbons (Fsp3) is 0.385. The Morgan fingerprint density at radius 3 is 2.58 bits per heavy atom. The van der Waals surface area contributed by atoms with Gasteiger partial charge in [0.2, 0.25) is 0 Å². The Labute approximate surface area is 116 Å². The third-order valence-corrected chi connectivity index (χ3v) is 2.99. The van der Waals surface area contributed by atoms with Gasteiger partial charge in [0.25, 0.3) is 0 Å². The quantitative estimate of drug-likeness (QED) is 0.807. The molecule has 0 unspecified atom stereocenters. The number of esters is 1. The van der Waals surface area contributed by atoms with Crippen LogP contribution in [0.2, 0.25) is 0 Å². The molecule has 0 aliphatic rings. The first kappa shape index (κ1) is 15.4. The SMILES string of the molecule is COC(=O)[C@H](CSC)NC(=O)OCc1ccccc1. The Hall–Kier alpha value is -1.69. The van der Waals surface area contributed by atoms with Crippen molar-refractivity contribution < 1.29 is 19.1 Å². The molecule has 1 amide bonds. The van der Waals surface area contributed by atoms with Crippen LogP contribution in [0, 0.1) is 0 Å². The summed E-state index contributed by atoms with van der Waals surface area (Å²) >= 11 is 1.44. The second kappa shape index (κ2) is 8.42. The fourth-order valence-corrected chi connectivity index (χ4v) is 1.94. The van der Waals surface area contributed by atoms with Gasteiger partial charge in [0.05, 0.1) is 7.11 Å². The minimum atomic E-state index is -0.691. The molecule has 0 fully saturated rings. The molecule has 104 valence electrons. The van der Waals surface area contributed by atoms with Gasteiger partial charge in [-0.2, -0.15) is 11.8 Å². The number of ether oxygens (including phenoxy) is 2. The molecule has 1 N–H and O–H groups in total. The second-order valence-electron chi connectivity index (χ2n) is 3.74. The Kier molecular flexibility index (Phi) is 6.81. The molecule has 1 rings (SSSR count). The van der Waals surface area contributed by atoms with Crippen molar-refractivity contribution in [2.45, 2.75) is 12.6 Å². The molecule has 6 heteroatoms. The van der Waals surface area contributed by atoms with E-state index in [0.29, 0.717) is 5.75 Å². The summed E-state index contributed by atoms with van der Waals surface area (Å²) in [6.07, 6.45) is 1.21. The summed E-state index contributed by atoms with van der Waals surface area (Å²) in [5.74, 6) is -0.0429. The number of carbonyl (C=O) groups excluding carboxylic acids is 2. The van der Waals surface area contributed by atoms with Crippen LogP contribution in [-0.2, 0) is 20.9 Å². The van der Waals surface area contributed by atoms with E-state index in [-0.39, 0.29) is 6.61 Å². The van der Waals surface area contributed by atoms with Gasteiger partial charge in [0, 0.05) is 5.75 Å². The van der Waals surface area contributed by atoms with E-state index in [2.05, 4.69) is 10.1 Å². The van der Waals surface area contributed by atoms with Gasteiger partial charge in [0.1, 0.15) is 12.6 Å². The molecule has 19 heavy (non-hydrogen) atoms. The number of alkyl carbamates (subject to hydrolysis) is 1. The molecule has 0 bridgehead atoms. The lowest BCUT2D eigenvalue weighted by atomic mass is 10.2. The van der Waals surface area contributed by atoms with Crippen LogP contribution < -0.4 is 5.32 Å². The largest absolute Gasteiger partial charge is 0.467 e. The molecule has 1 aromatic carbocycles. The highest BCUT2D eigenvalue weighted by Gasteiger charge is 2.21. The third kappa shape index (κ3) is 5.65. The van der Waals surface area contributed by atoms with E-state index in [9.17, 15) is 9.59 Å². The van der Waals surface area contributed by atoms with Gasteiger partial charge < -0.3 is 14.8 Å². The van der Waals surface area contributed by atoms with Gasteiger partial charge in [-0.1, -0.05) is 30.3 Å². The Bertz CT molecular complexity index is 410. The summed E-state index contributed by atoms with van der Waals surface area (Å²) < 4.78 is 9.64. The van der Waals surface area contributed by atoms with E-state index in [0.717, 1.165) is 5.56 Å². The zero-order valence-electron chi connectivity index (χ0n) is 10.9. The van der Waals surface area contributed by atoms with E-state index >= 15 is 0 Å². The Morgan fingerprint density at radius 2 is 2.00 bits per heavy atom. The highest BCUT2D eigenvalue weighted by atomic mass is 32.2. The first-order valence-electron chi connectivity index (χ1n) is 5.71. The summed E-state index contributed by atoms with van der Waals surface area (Å²) in [5, 5.41) is 2.48. The molecule has 5 nitrogen and oxygen atoms in total. The van der Waals surface area contributed by atoms with Gasteiger partial charge in [-0.15, -0.1) is 0 Å². The summed E-state index contributed by atoms with van der Waals surface area (Å²) in [6, 6.07) is 8.63. The van der Waals surface area contributed by atoms with Crippen molar-refractivity contribution >= 4 is 23.8 Å². The van der Waals surface area contributed by atoms with Crippen molar-refractivity contribution in [2.75, 3.05) is 19.1 Å². The number of benzene rings is 1. The minimum Gasteiger partial charge on any atom is -0.467 e. The second-order valence-corrected chi connectivity index (χ2v) is 4.65. The number of carbonyl (C=O) groups is 2. The molecule has 0 aliphatic carbocycles. The number of thioether (sulfide) groups is 1. The van der Waals surface area contributed by atoms with Gasteiger partial charge in [-0.05, 0) is 11.8 Å². The first-order valence-corrected chi connectivity index (χ1v) is 7.10. The molecular formula is C13H17NO4S. The maximum absolute atomic E-state index is 11.6. The van der Waals surface area contributed by atoms with Crippen molar-refractivity contribution in [1.29, 1.82) is 0 Å². The Balaban J connectivity index is 2.42. The maximum Gasteiger partial charge on any atom is 0.408 e. The minimum absolute atomic E-state index is 0.167. The average Bonchev–Trinajstić information content (AvgIpc) is 2.45. The molecule has 0 aromatic heterocycles. The first-order chi connectivity index (χ1) is 9.17. The maximum atomic E-state index is 11.6. The lowest BCUT2D eigenvalue weighted by molar-refractivity contribution is -0.142. The van der Waals surface area contributed by atoms with Crippen LogP contribution in [0.25, 0.3) is 0 Å². The monoisotopic (exact) mass is 283 g/mol. The number of rotatable bonds is 6. The highest BCUT2D eigenvalue weighted by molar-refractivity contribution is 7.98. The van der Waals surface area contributed by atoms with Crippen LogP contribution >= 0.6 is 11.8 Å². The van der Waals surface area contributed by atoms with Crippen molar-refractivity contribution in [3.63, 3.8) is 0 Å². The van der Waals surface area contributed by atoms with Crippen LogP contribution in [0.4, 0.5) is 4.79 Å². The van der Waals surface area contributed by atoms with Crippen molar-refractivity contribution in [3.8, 4) is 0 Å².